The van der Waals surface area contributed by atoms with Crippen molar-refractivity contribution in [3.8, 4) is 0 Å². The predicted octanol–water partition coefficient (Wildman–Crippen LogP) is 2.71. The Bertz CT molecular complexity index is 587. The summed E-state index contributed by atoms with van der Waals surface area (Å²) in [5, 5.41) is 11.0. The van der Waals surface area contributed by atoms with E-state index in [1.165, 1.54) is 19.3 Å². The van der Waals surface area contributed by atoms with Crippen LogP contribution in [0.4, 0.5) is 0 Å². The second-order valence-corrected chi connectivity index (χ2v) is 5.54. The highest BCUT2D eigenvalue weighted by atomic mass is 16.2. The zero-order valence-electron chi connectivity index (χ0n) is 12.0. The summed E-state index contributed by atoms with van der Waals surface area (Å²) in [6.07, 6.45) is 7.81. The van der Waals surface area contributed by atoms with Crippen LogP contribution in [-0.4, -0.2) is 20.9 Å². The lowest BCUT2D eigenvalue weighted by Crippen LogP contribution is -2.23. The molecular weight excluding hydrogens is 264 g/mol. The van der Waals surface area contributed by atoms with Crippen LogP contribution in [-0.2, 0) is 6.54 Å². The predicted molar refractivity (Wildman–Crippen MR) is 79.8 cm³/mol. The zero-order chi connectivity index (χ0) is 14.5. The molecule has 1 fully saturated rings. The Morgan fingerprint density at radius 1 is 1.19 bits per heavy atom. The molecule has 0 spiro atoms. The van der Waals surface area contributed by atoms with E-state index in [0.717, 1.165) is 18.4 Å². The monoisotopic (exact) mass is 284 g/mol. The van der Waals surface area contributed by atoms with Crippen molar-refractivity contribution in [3.05, 3.63) is 47.8 Å². The Labute approximate surface area is 124 Å². The van der Waals surface area contributed by atoms with Gasteiger partial charge in [-0.2, -0.15) is 0 Å². The Morgan fingerprint density at radius 3 is 2.71 bits per heavy atom. The summed E-state index contributed by atoms with van der Waals surface area (Å²) in [6.45, 7) is 0.510. The largest absolute Gasteiger partial charge is 0.347 e. The van der Waals surface area contributed by atoms with Crippen molar-refractivity contribution in [2.75, 3.05) is 0 Å². The van der Waals surface area contributed by atoms with E-state index in [0.29, 0.717) is 18.3 Å². The van der Waals surface area contributed by atoms with Crippen molar-refractivity contribution >= 4 is 5.91 Å². The van der Waals surface area contributed by atoms with Crippen molar-refractivity contribution in [1.29, 1.82) is 0 Å². The van der Waals surface area contributed by atoms with Gasteiger partial charge in [-0.05, 0) is 18.4 Å². The van der Waals surface area contributed by atoms with Crippen LogP contribution in [0.2, 0.25) is 0 Å². The third-order valence-electron chi connectivity index (χ3n) is 3.99. The summed E-state index contributed by atoms with van der Waals surface area (Å²) in [7, 11) is 0. The molecule has 2 aromatic rings. The molecule has 1 aromatic carbocycles. The number of carbonyl (C=O) groups is 1. The van der Waals surface area contributed by atoms with Crippen LogP contribution in [0.5, 0.6) is 0 Å². The maximum absolute atomic E-state index is 12.1. The van der Waals surface area contributed by atoms with Gasteiger partial charge in [-0.25, -0.2) is 4.68 Å². The quantitative estimate of drug-likeness (QED) is 0.939. The Morgan fingerprint density at radius 2 is 1.95 bits per heavy atom. The van der Waals surface area contributed by atoms with Crippen LogP contribution < -0.4 is 5.32 Å². The van der Waals surface area contributed by atoms with Gasteiger partial charge < -0.3 is 5.32 Å². The minimum Gasteiger partial charge on any atom is -0.347 e. The smallest absolute Gasteiger partial charge is 0.273 e. The number of aromatic nitrogens is 3. The van der Waals surface area contributed by atoms with E-state index < -0.39 is 0 Å². The minimum absolute atomic E-state index is 0.166. The van der Waals surface area contributed by atoms with E-state index in [2.05, 4.69) is 15.6 Å². The molecule has 0 atom stereocenters. The fraction of sp³-hybridized carbons (Fsp3) is 0.438. The third-order valence-corrected chi connectivity index (χ3v) is 3.99. The van der Waals surface area contributed by atoms with Gasteiger partial charge in [0.15, 0.2) is 5.69 Å². The molecule has 1 aliphatic rings. The number of nitrogens with one attached hydrogen (secondary N) is 1. The molecule has 1 N–H and O–H groups in total. The van der Waals surface area contributed by atoms with E-state index in [1.54, 1.807) is 6.20 Å². The fourth-order valence-corrected chi connectivity index (χ4v) is 2.77. The highest BCUT2D eigenvalue weighted by molar-refractivity contribution is 5.91. The first kappa shape index (κ1) is 13.8. The molecule has 1 heterocycles. The van der Waals surface area contributed by atoms with Crippen molar-refractivity contribution in [2.45, 2.75) is 44.7 Å². The number of carbonyl (C=O) groups excluding carboxylic acids is 1. The highest BCUT2D eigenvalue weighted by Gasteiger charge is 2.18. The summed E-state index contributed by atoms with van der Waals surface area (Å²) in [6, 6.07) is 10.3. The number of hydrogen-bond donors (Lipinski definition) is 1. The normalized spacial score (nSPS) is 15.8. The van der Waals surface area contributed by atoms with Gasteiger partial charge >= 0.3 is 0 Å². The number of benzene rings is 1. The maximum atomic E-state index is 12.1. The van der Waals surface area contributed by atoms with E-state index in [1.807, 2.05) is 35.0 Å². The third kappa shape index (κ3) is 3.48. The molecule has 1 aromatic heterocycles. The van der Waals surface area contributed by atoms with Crippen molar-refractivity contribution in [3.63, 3.8) is 0 Å². The second kappa shape index (κ2) is 6.52. The summed E-state index contributed by atoms with van der Waals surface area (Å²) in [5.74, 6) is -0.166. The summed E-state index contributed by atoms with van der Waals surface area (Å²) >= 11 is 0. The summed E-state index contributed by atoms with van der Waals surface area (Å²) < 4.78 is 1.86. The van der Waals surface area contributed by atoms with Crippen LogP contribution in [0.15, 0.2) is 36.5 Å². The van der Waals surface area contributed by atoms with Crippen molar-refractivity contribution in [2.24, 2.45) is 0 Å². The van der Waals surface area contributed by atoms with Gasteiger partial charge in [0.25, 0.3) is 5.91 Å². The lowest BCUT2D eigenvalue weighted by atomic mass is 9.96. The van der Waals surface area contributed by atoms with E-state index >= 15 is 0 Å². The van der Waals surface area contributed by atoms with Gasteiger partial charge in [-0.3, -0.25) is 4.79 Å². The lowest BCUT2D eigenvalue weighted by Gasteiger charge is -2.20. The number of amides is 1. The molecule has 110 valence electrons. The lowest BCUT2D eigenvalue weighted by molar-refractivity contribution is 0.0946. The van der Waals surface area contributed by atoms with Crippen molar-refractivity contribution in [1.82, 2.24) is 20.3 Å². The van der Waals surface area contributed by atoms with Crippen LogP contribution >= 0.6 is 0 Å². The number of rotatable bonds is 4. The summed E-state index contributed by atoms with van der Waals surface area (Å²) in [5.41, 5.74) is 1.47. The highest BCUT2D eigenvalue weighted by Crippen LogP contribution is 2.27. The molecule has 3 rings (SSSR count). The molecule has 1 amide bonds. The van der Waals surface area contributed by atoms with Gasteiger partial charge in [0.05, 0.1) is 12.2 Å². The van der Waals surface area contributed by atoms with E-state index in [4.69, 9.17) is 0 Å². The van der Waals surface area contributed by atoms with E-state index in [9.17, 15) is 4.79 Å². The zero-order valence-corrected chi connectivity index (χ0v) is 12.0. The Hall–Kier alpha value is -2.17. The Kier molecular flexibility index (Phi) is 4.28. The average Bonchev–Trinajstić information content (AvgIpc) is 3.04. The van der Waals surface area contributed by atoms with Crippen LogP contribution in [0, 0.1) is 0 Å². The molecule has 0 aliphatic heterocycles. The molecule has 21 heavy (non-hydrogen) atoms. The van der Waals surface area contributed by atoms with Crippen LogP contribution in [0.3, 0.4) is 0 Å². The van der Waals surface area contributed by atoms with Gasteiger partial charge in [0.2, 0.25) is 0 Å². The summed E-state index contributed by atoms with van der Waals surface area (Å²) in [4.78, 5) is 12.1. The number of hydrogen-bond acceptors (Lipinski definition) is 3. The molecule has 1 aliphatic carbocycles. The molecule has 5 nitrogen and oxygen atoms in total. The molecule has 0 saturated heterocycles. The molecule has 5 heteroatoms. The molecule has 0 radical (unpaired) electrons. The number of nitrogens with zero attached hydrogens (tertiary/aromatic N) is 3. The maximum Gasteiger partial charge on any atom is 0.273 e. The topological polar surface area (TPSA) is 59.8 Å². The van der Waals surface area contributed by atoms with Crippen molar-refractivity contribution < 1.29 is 4.79 Å². The molecular formula is C16H20N4O. The Balaban J connectivity index is 1.59. The minimum atomic E-state index is -0.166. The van der Waals surface area contributed by atoms with Crippen LogP contribution in [0.1, 0.15) is 54.2 Å². The first-order valence-corrected chi connectivity index (χ1v) is 7.57. The molecule has 0 unspecified atom stereocenters. The van der Waals surface area contributed by atoms with Crippen LogP contribution in [0.25, 0.3) is 0 Å². The standard InChI is InChI=1S/C16H20N4O/c21-16(17-11-13-7-3-1-4-8-13)15-12-20(19-18-15)14-9-5-2-6-10-14/h1,3-4,7-8,12,14H,2,5-6,9-11H2,(H,17,21). The van der Waals surface area contributed by atoms with Gasteiger partial charge in [-0.1, -0.05) is 54.8 Å². The second-order valence-electron chi connectivity index (χ2n) is 5.54. The average molecular weight is 284 g/mol. The first-order valence-electron chi connectivity index (χ1n) is 7.57. The fourth-order valence-electron chi connectivity index (χ4n) is 2.77. The molecule has 1 saturated carbocycles. The van der Waals surface area contributed by atoms with Gasteiger partial charge in [0, 0.05) is 6.54 Å². The van der Waals surface area contributed by atoms with Gasteiger partial charge in [0.1, 0.15) is 0 Å². The van der Waals surface area contributed by atoms with E-state index in [-0.39, 0.29) is 5.91 Å². The first-order chi connectivity index (χ1) is 10.3. The van der Waals surface area contributed by atoms with Gasteiger partial charge in [-0.15, -0.1) is 5.10 Å². The molecule has 0 bridgehead atoms. The SMILES string of the molecule is O=C(NCc1ccccc1)c1cn(C2CCCCC2)nn1.